The Morgan fingerprint density at radius 1 is 1.43 bits per heavy atom. The van der Waals surface area contributed by atoms with E-state index in [4.69, 9.17) is 26.8 Å². The average Bonchev–Trinajstić information content (AvgIpc) is 2.45. The third-order valence-electron chi connectivity index (χ3n) is 2.72. The second kappa shape index (κ2) is 8.74. The molecule has 0 atom stereocenters. The van der Waals surface area contributed by atoms with Gasteiger partial charge in [0.05, 0.1) is 18.7 Å². The van der Waals surface area contributed by atoms with Gasteiger partial charge in [0.25, 0.3) is 5.91 Å². The number of carbonyl (C=O) groups excluding carboxylic acids is 1. The van der Waals surface area contributed by atoms with Crippen molar-refractivity contribution in [1.82, 2.24) is 5.32 Å². The lowest BCUT2D eigenvalue weighted by Gasteiger charge is -2.15. The maximum atomic E-state index is 12.0. The highest BCUT2D eigenvalue weighted by Crippen LogP contribution is 2.36. The molecule has 118 valence electrons. The molecule has 0 radical (unpaired) electrons. The Morgan fingerprint density at radius 3 is 2.71 bits per heavy atom. The third kappa shape index (κ3) is 5.44. The molecule has 0 heterocycles. The van der Waals surface area contributed by atoms with Crippen LogP contribution in [0, 0.1) is 5.92 Å². The lowest BCUT2D eigenvalue weighted by Crippen LogP contribution is -2.26. The van der Waals surface area contributed by atoms with Crippen molar-refractivity contribution in [3.63, 3.8) is 0 Å². The van der Waals surface area contributed by atoms with Gasteiger partial charge < -0.3 is 20.5 Å². The van der Waals surface area contributed by atoms with Crippen LogP contribution in [0.15, 0.2) is 12.1 Å². The third-order valence-corrected chi connectivity index (χ3v) is 3.00. The molecular formula is C15H23ClN2O3. The molecule has 0 aromatic heterocycles. The first-order chi connectivity index (χ1) is 9.99. The molecule has 0 unspecified atom stereocenters. The van der Waals surface area contributed by atoms with Crippen molar-refractivity contribution in [3.05, 3.63) is 22.7 Å². The second-order valence-electron chi connectivity index (χ2n) is 5.09. The van der Waals surface area contributed by atoms with Crippen molar-refractivity contribution >= 4 is 17.5 Å². The summed E-state index contributed by atoms with van der Waals surface area (Å²) in [4.78, 5) is 12.0. The first kappa shape index (κ1) is 17.6. The smallest absolute Gasteiger partial charge is 0.251 e. The van der Waals surface area contributed by atoms with Crippen LogP contribution in [0.25, 0.3) is 0 Å². The Balaban J connectivity index is 2.89. The minimum atomic E-state index is -0.209. The molecule has 5 nitrogen and oxygen atoms in total. The summed E-state index contributed by atoms with van der Waals surface area (Å²) >= 11 is 6.20. The molecule has 1 aromatic carbocycles. The first-order valence-electron chi connectivity index (χ1n) is 6.98. The molecule has 1 aromatic rings. The topological polar surface area (TPSA) is 73.6 Å². The van der Waals surface area contributed by atoms with Crippen molar-refractivity contribution in [3.8, 4) is 11.5 Å². The summed E-state index contributed by atoms with van der Waals surface area (Å²) < 4.78 is 10.9. The zero-order valence-corrected chi connectivity index (χ0v) is 13.5. The molecule has 21 heavy (non-hydrogen) atoms. The summed E-state index contributed by atoms with van der Waals surface area (Å²) in [6, 6.07) is 3.21. The molecule has 6 heteroatoms. The number of nitrogens with two attached hydrogens (primary N) is 1. The maximum Gasteiger partial charge on any atom is 0.251 e. The van der Waals surface area contributed by atoms with Gasteiger partial charge in [-0.05, 0) is 31.0 Å². The molecule has 3 N–H and O–H groups in total. The van der Waals surface area contributed by atoms with Crippen LogP contribution >= 0.6 is 11.6 Å². The van der Waals surface area contributed by atoms with Gasteiger partial charge >= 0.3 is 0 Å². The molecule has 0 bridgehead atoms. The Morgan fingerprint density at radius 2 is 2.14 bits per heavy atom. The number of ether oxygens (including phenoxy) is 2. The first-order valence-corrected chi connectivity index (χ1v) is 7.36. The maximum absolute atomic E-state index is 12.0. The number of methoxy groups -OCH3 is 1. The number of rotatable bonds is 8. The van der Waals surface area contributed by atoms with E-state index in [0.717, 1.165) is 6.42 Å². The lowest BCUT2D eigenvalue weighted by molar-refractivity contribution is 0.0953. The van der Waals surface area contributed by atoms with Gasteiger partial charge in [-0.2, -0.15) is 0 Å². The summed E-state index contributed by atoms with van der Waals surface area (Å²) in [5.41, 5.74) is 5.83. The molecule has 0 saturated heterocycles. The Bertz CT molecular complexity index is 478. The molecule has 0 spiro atoms. The lowest BCUT2D eigenvalue weighted by atomic mass is 10.1. The Hall–Kier alpha value is -1.46. The van der Waals surface area contributed by atoms with Crippen LogP contribution in [0.5, 0.6) is 11.5 Å². The van der Waals surface area contributed by atoms with Crippen molar-refractivity contribution < 1.29 is 14.3 Å². The standard InChI is InChI=1S/C15H23ClN2O3/c1-10(2)9-21-14-12(16)7-11(8-13(14)20-3)15(19)18-6-4-5-17/h7-8,10H,4-6,9,17H2,1-3H3,(H,18,19). The summed E-state index contributed by atoms with van der Waals surface area (Å²) in [7, 11) is 1.52. The van der Waals surface area contributed by atoms with Gasteiger partial charge in [0.1, 0.15) is 0 Å². The number of benzene rings is 1. The molecular weight excluding hydrogens is 292 g/mol. The molecule has 0 fully saturated rings. The van der Waals surface area contributed by atoms with E-state index in [9.17, 15) is 4.79 Å². The number of nitrogens with one attached hydrogen (secondary N) is 1. The van der Waals surface area contributed by atoms with E-state index in [1.807, 2.05) is 13.8 Å². The van der Waals surface area contributed by atoms with Crippen LogP contribution in [0.4, 0.5) is 0 Å². The normalized spacial score (nSPS) is 10.6. The number of carbonyl (C=O) groups is 1. The minimum Gasteiger partial charge on any atom is -0.493 e. The van der Waals surface area contributed by atoms with Gasteiger partial charge in [0.15, 0.2) is 11.5 Å². The molecule has 0 saturated carbocycles. The average molecular weight is 315 g/mol. The van der Waals surface area contributed by atoms with E-state index in [-0.39, 0.29) is 5.91 Å². The molecule has 1 amide bonds. The van der Waals surface area contributed by atoms with E-state index in [1.54, 1.807) is 12.1 Å². The van der Waals surface area contributed by atoms with E-state index < -0.39 is 0 Å². The van der Waals surface area contributed by atoms with Crippen LogP contribution in [0.1, 0.15) is 30.6 Å². The van der Waals surface area contributed by atoms with Crippen molar-refractivity contribution in [2.24, 2.45) is 11.7 Å². The van der Waals surface area contributed by atoms with Crippen molar-refractivity contribution in [2.75, 3.05) is 26.8 Å². The summed E-state index contributed by atoms with van der Waals surface area (Å²) in [5, 5.41) is 3.13. The summed E-state index contributed by atoms with van der Waals surface area (Å²) in [6.07, 6.45) is 0.728. The van der Waals surface area contributed by atoms with Crippen LogP contribution in [-0.2, 0) is 0 Å². The SMILES string of the molecule is COc1cc(C(=O)NCCCN)cc(Cl)c1OCC(C)C. The van der Waals surface area contributed by atoms with Gasteiger partial charge in [-0.15, -0.1) is 0 Å². The van der Waals surface area contributed by atoms with Crippen molar-refractivity contribution in [1.29, 1.82) is 0 Å². The highest BCUT2D eigenvalue weighted by molar-refractivity contribution is 6.32. The van der Waals surface area contributed by atoms with Crippen LogP contribution in [-0.4, -0.2) is 32.7 Å². The van der Waals surface area contributed by atoms with E-state index in [1.165, 1.54) is 7.11 Å². The minimum absolute atomic E-state index is 0.209. The van der Waals surface area contributed by atoms with Crippen LogP contribution in [0.3, 0.4) is 0 Å². The number of amides is 1. The Labute approximate surface area is 130 Å². The fourth-order valence-corrected chi connectivity index (χ4v) is 1.91. The molecule has 0 aliphatic heterocycles. The highest BCUT2D eigenvalue weighted by Gasteiger charge is 2.16. The molecule has 1 rings (SSSR count). The predicted octanol–water partition coefficient (Wildman–Crippen LogP) is 2.46. The van der Waals surface area contributed by atoms with Gasteiger partial charge in [0.2, 0.25) is 0 Å². The largest absolute Gasteiger partial charge is 0.493 e. The van der Waals surface area contributed by atoms with E-state index >= 15 is 0 Å². The second-order valence-corrected chi connectivity index (χ2v) is 5.50. The van der Waals surface area contributed by atoms with Crippen LogP contribution in [0.2, 0.25) is 5.02 Å². The van der Waals surface area contributed by atoms with Crippen LogP contribution < -0.4 is 20.5 Å². The molecule has 0 aliphatic carbocycles. The quantitative estimate of drug-likeness (QED) is 0.723. The van der Waals surface area contributed by atoms with E-state index in [0.29, 0.717) is 47.7 Å². The fourth-order valence-electron chi connectivity index (χ4n) is 1.65. The Kier molecular flexibility index (Phi) is 7.32. The zero-order chi connectivity index (χ0) is 15.8. The summed E-state index contributed by atoms with van der Waals surface area (Å²) in [5.74, 6) is 1.07. The number of hydrogen-bond donors (Lipinski definition) is 2. The highest BCUT2D eigenvalue weighted by atomic mass is 35.5. The molecule has 0 aliphatic rings. The number of halogens is 1. The van der Waals surface area contributed by atoms with Gasteiger partial charge in [-0.25, -0.2) is 0 Å². The predicted molar refractivity (Wildman–Crippen MR) is 84.3 cm³/mol. The van der Waals surface area contributed by atoms with Gasteiger partial charge in [-0.3, -0.25) is 4.79 Å². The fraction of sp³-hybridized carbons (Fsp3) is 0.533. The monoisotopic (exact) mass is 314 g/mol. The van der Waals surface area contributed by atoms with Gasteiger partial charge in [-0.1, -0.05) is 25.4 Å². The van der Waals surface area contributed by atoms with E-state index in [2.05, 4.69) is 5.32 Å². The number of hydrogen-bond acceptors (Lipinski definition) is 4. The van der Waals surface area contributed by atoms with Gasteiger partial charge in [0, 0.05) is 12.1 Å². The zero-order valence-electron chi connectivity index (χ0n) is 12.7. The van der Waals surface area contributed by atoms with Crippen molar-refractivity contribution in [2.45, 2.75) is 20.3 Å². The summed E-state index contributed by atoms with van der Waals surface area (Å²) in [6.45, 7) is 5.67.